The van der Waals surface area contributed by atoms with E-state index in [2.05, 4.69) is 10.6 Å². The highest BCUT2D eigenvalue weighted by Crippen LogP contribution is 2.31. The second-order valence-corrected chi connectivity index (χ2v) is 6.11. The average molecular weight is 340 g/mol. The molecule has 1 aliphatic heterocycles. The highest BCUT2D eigenvalue weighted by molar-refractivity contribution is 5.96. The van der Waals surface area contributed by atoms with Crippen LogP contribution in [0.3, 0.4) is 0 Å². The van der Waals surface area contributed by atoms with Gasteiger partial charge in [0.05, 0.1) is 5.69 Å². The number of rotatable bonds is 4. The molecule has 0 radical (unpaired) electrons. The molecule has 2 aromatic carbocycles. The smallest absolute Gasteiger partial charge is 0.262 e. The summed E-state index contributed by atoms with van der Waals surface area (Å²) in [5.74, 6) is 0.611. The number of ether oxygens (including phenoxy) is 2. The molecule has 2 aromatic rings. The molecule has 6 nitrogen and oxygen atoms in total. The fourth-order valence-corrected chi connectivity index (χ4v) is 2.85. The Bertz CT molecular complexity index is 822. The summed E-state index contributed by atoms with van der Waals surface area (Å²) in [6, 6.07) is 9.09. The first-order valence-electron chi connectivity index (χ1n) is 7.99. The molecule has 130 valence electrons. The molecule has 0 atom stereocenters. The van der Waals surface area contributed by atoms with E-state index in [9.17, 15) is 9.59 Å². The molecule has 0 aliphatic carbocycles. The summed E-state index contributed by atoms with van der Waals surface area (Å²) >= 11 is 0. The van der Waals surface area contributed by atoms with Crippen molar-refractivity contribution < 1.29 is 19.1 Å². The topological polar surface area (TPSA) is 76.7 Å². The molecule has 2 amide bonds. The first-order valence-corrected chi connectivity index (χ1v) is 7.99. The highest BCUT2D eigenvalue weighted by Gasteiger charge is 2.16. The van der Waals surface area contributed by atoms with Crippen molar-refractivity contribution in [2.24, 2.45) is 0 Å². The van der Waals surface area contributed by atoms with E-state index in [-0.39, 0.29) is 25.0 Å². The van der Waals surface area contributed by atoms with Crippen molar-refractivity contribution in [3.8, 4) is 11.5 Å². The summed E-state index contributed by atoms with van der Waals surface area (Å²) in [7, 11) is 0. The lowest BCUT2D eigenvalue weighted by Crippen LogP contribution is -2.25. The molecular weight excluding hydrogens is 320 g/mol. The maximum absolute atomic E-state index is 12.2. The molecule has 2 N–H and O–H groups in total. The number of nitrogens with one attached hydrogen (secondary N) is 2. The summed E-state index contributed by atoms with van der Waals surface area (Å²) in [6.07, 6.45) is 0. The average Bonchev–Trinajstić information content (AvgIpc) is 2.55. The first-order chi connectivity index (χ1) is 11.9. The van der Waals surface area contributed by atoms with Crippen molar-refractivity contribution in [1.82, 2.24) is 0 Å². The van der Waals surface area contributed by atoms with Gasteiger partial charge in [0.15, 0.2) is 13.2 Å². The van der Waals surface area contributed by atoms with E-state index in [4.69, 9.17) is 9.47 Å². The van der Waals surface area contributed by atoms with Crippen molar-refractivity contribution >= 4 is 23.2 Å². The van der Waals surface area contributed by atoms with Gasteiger partial charge in [0.25, 0.3) is 11.8 Å². The summed E-state index contributed by atoms with van der Waals surface area (Å²) < 4.78 is 10.8. The maximum Gasteiger partial charge on any atom is 0.262 e. The Balaban J connectivity index is 1.63. The number of aryl methyl sites for hydroxylation is 3. The molecule has 3 rings (SSSR count). The van der Waals surface area contributed by atoms with Gasteiger partial charge in [0, 0.05) is 11.8 Å². The number of amides is 2. The van der Waals surface area contributed by atoms with Crippen LogP contribution < -0.4 is 20.1 Å². The lowest BCUT2D eigenvalue weighted by Gasteiger charge is -2.18. The van der Waals surface area contributed by atoms with Crippen LogP contribution in [-0.4, -0.2) is 25.0 Å². The third-order valence-electron chi connectivity index (χ3n) is 3.90. The lowest BCUT2D eigenvalue weighted by molar-refractivity contribution is -0.119. The Hall–Kier alpha value is -3.02. The standard InChI is InChI=1S/C19H20N2O4/c1-11-6-12(2)19(13(3)7-11)21-18(23)9-24-14-4-5-16-15(8-14)20-17(22)10-25-16/h4-8H,9-10H2,1-3H3,(H,20,22)(H,21,23). The monoisotopic (exact) mass is 340 g/mol. The molecule has 0 unspecified atom stereocenters. The Morgan fingerprint density at radius 3 is 2.64 bits per heavy atom. The lowest BCUT2D eigenvalue weighted by atomic mass is 10.1. The summed E-state index contributed by atoms with van der Waals surface area (Å²) in [6.45, 7) is 5.82. The molecule has 0 aromatic heterocycles. The number of anilines is 2. The summed E-state index contributed by atoms with van der Waals surface area (Å²) in [5.41, 5.74) is 4.53. The van der Waals surface area contributed by atoms with E-state index in [0.29, 0.717) is 17.2 Å². The van der Waals surface area contributed by atoms with Gasteiger partial charge in [-0.25, -0.2) is 0 Å². The number of hydrogen-bond donors (Lipinski definition) is 2. The summed E-state index contributed by atoms with van der Waals surface area (Å²) in [5, 5.41) is 5.59. The SMILES string of the molecule is Cc1cc(C)c(NC(=O)COc2ccc3c(c2)NC(=O)CO3)c(C)c1. The van der Waals surface area contributed by atoms with Crippen LogP contribution in [0.25, 0.3) is 0 Å². The van der Waals surface area contributed by atoms with Crippen molar-refractivity contribution in [3.63, 3.8) is 0 Å². The highest BCUT2D eigenvalue weighted by atomic mass is 16.5. The molecule has 6 heteroatoms. The van der Waals surface area contributed by atoms with Gasteiger partial charge in [-0.1, -0.05) is 17.7 Å². The van der Waals surface area contributed by atoms with Crippen molar-refractivity contribution in [2.45, 2.75) is 20.8 Å². The summed E-state index contributed by atoms with van der Waals surface area (Å²) in [4.78, 5) is 23.5. The van der Waals surface area contributed by atoms with Crippen molar-refractivity contribution in [3.05, 3.63) is 47.0 Å². The fourth-order valence-electron chi connectivity index (χ4n) is 2.85. The molecule has 0 saturated carbocycles. The van der Waals surface area contributed by atoms with Gasteiger partial charge in [-0.15, -0.1) is 0 Å². The minimum Gasteiger partial charge on any atom is -0.484 e. The Morgan fingerprint density at radius 2 is 1.92 bits per heavy atom. The molecule has 0 saturated heterocycles. The zero-order valence-corrected chi connectivity index (χ0v) is 14.4. The van der Waals surface area contributed by atoms with Crippen LogP contribution in [0.2, 0.25) is 0 Å². The molecule has 0 fully saturated rings. The van der Waals surface area contributed by atoms with Crippen LogP contribution in [0.4, 0.5) is 11.4 Å². The van der Waals surface area contributed by atoms with E-state index in [1.165, 1.54) is 0 Å². The number of benzene rings is 2. The first kappa shape index (κ1) is 16.8. The van der Waals surface area contributed by atoms with Gasteiger partial charge in [-0.05, 0) is 44.0 Å². The van der Waals surface area contributed by atoms with E-state index >= 15 is 0 Å². The van der Waals surface area contributed by atoms with Crippen LogP contribution in [0.5, 0.6) is 11.5 Å². The predicted octanol–water partition coefficient (Wildman–Crippen LogP) is 2.96. The van der Waals surface area contributed by atoms with E-state index < -0.39 is 0 Å². The van der Waals surface area contributed by atoms with Gasteiger partial charge < -0.3 is 20.1 Å². The number of carbonyl (C=O) groups is 2. The molecule has 0 bridgehead atoms. The number of hydrogen-bond acceptors (Lipinski definition) is 4. The van der Waals surface area contributed by atoms with Gasteiger partial charge in [0.2, 0.25) is 0 Å². The maximum atomic E-state index is 12.2. The third-order valence-corrected chi connectivity index (χ3v) is 3.90. The zero-order valence-electron chi connectivity index (χ0n) is 14.4. The minimum atomic E-state index is -0.243. The van der Waals surface area contributed by atoms with E-state index in [1.54, 1.807) is 18.2 Å². The van der Waals surface area contributed by atoms with Crippen molar-refractivity contribution in [1.29, 1.82) is 0 Å². The van der Waals surface area contributed by atoms with Crippen LogP contribution >= 0.6 is 0 Å². The molecule has 1 heterocycles. The van der Waals surface area contributed by atoms with Crippen molar-refractivity contribution in [2.75, 3.05) is 23.8 Å². The van der Waals surface area contributed by atoms with E-state index in [0.717, 1.165) is 22.4 Å². The predicted molar refractivity (Wildman–Crippen MR) is 95.3 cm³/mol. The normalized spacial score (nSPS) is 12.7. The van der Waals surface area contributed by atoms with Gasteiger partial charge >= 0.3 is 0 Å². The molecule has 25 heavy (non-hydrogen) atoms. The Labute approximate surface area is 146 Å². The van der Waals surface area contributed by atoms with Crippen LogP contribution in [0, 0.1) is 20.8 Å². The zero-order chi connectivity index (χ0) is 18.0. The van der Waals surface area contributed by atoms with Crippen LogP contribution in [-0.2, 0) is 9.59 Å². The molecule has 1 aliphatic rings. The minimum absolute atomic E-state index is 0.00482. The van der Waals surface area contributed by atoms with Crippen LogP contribution in [0.15, 0.2) is 30.3 Å². The van der Waals surface area contributed by atoms with Gasteiger partial charge in [-0.2, -0.15) is 0 Å². The van der Waals surface area contributed by atoms with Crippen LogP contribution in [0.1, 0.15) is 16.7 Å². The number of fused-ring (bicyclic) bond motifs is 1. The van der Waals surface area contributed by atoms with E-state index in [1.807, 2.05) is 32.9 Å². The number of carbonyl (C=O) groups excluding carboxylic acids is 2. The largest absolute Gasteiger partial charge is 0.484 e. The second-order valence-electron chi connectivity index (χ2n) is 6.11. The third kappa shape index (κ3) is 3.91. The van der Waals surface area contributed by atoms with Gasteiger partial charge in [-0.3, -0.25) is 9.59 Å². The quantitative estimate of drug-likeness (QED) is 0.897. The Morgan fingerprint density at radius 1 is 1.20 bits per heavy atom. The molecule has 0 spiro atoms. The second kappa shape index (κ2) is 6.84. The molecular formula is C19H20N2O4. The fraction of sp³-hybridized carbons (Fsp3) is 0.263. The Kier molecular flexibility index (Phi) is 4.61. The van der Waals surface area contributed by atoms with Gasteiger partial charge in [0.1, 0.15) is 11.5 Å².